The number of carbonyl (C=O) groups excluding carboxylic acids is 2. The molecule has 0 aromatic heterocycles. The minimum atomic E-state index is -3.88. The predicted octanol–water partition coefficient (Wildman–Crippen LogP) is 23.7. The zero-order chi connectivity index (χ0) is 80.5. The van der Waals surface area contributed by atoms with Gasteiger partial charge in [-0.05, 0) is 174 Å². The van der Waals surface area contributed by atoms with Crippen LogP contribution in [0.5, 0.6) is 34.5 Å². The van der Waals surface area contributed by atoms with Crippen LogP contribution in [0, 0.1) is 39.3 Å². The summed E-state index contributed by atoms with van der Waals surface area (Å²) in [6.45, 7) is 32.7. The molecule has 0 bridgehead atoms. The third-order valence-electron chi connectivity index (χ3n) is 15.3. The van der Waals surface area contributed by atoms with Crippen molar-refractivity contribution < 1.29 is 42.0 Å². The van der Waals surface area contributed by atoms with E-state index in [0.717, 1.165) is 27.9 Å². The number of amides is 2. The molecule has 19 heteroatoms. The lowest BCUT2D eigenvalue weighted by molar-refractivity contribution is -0.282. The molecule has 17 nitrogen and oxygen atoms in total. The number of anilines is 3. The molecular formula is C91H97AlN8O9S. The second-order valence-electron chi connectivity index (χ2n) is 24.0. The zero-order valence-corrected chi connectivity index (χ0v) is 66.6. The van der Waals surface area contributed by atoms with Gasteiger partial charge < -0.3 is 36.3 Å². The SMILES string of the molecule is CC.CC.CC.Cc1cc(-c2ccccc2C)ccc1N.Cc1ccccc1-c1ccc(NC(=O)c2ccccc2Oc2cccc(C(=N)N)c2)cc1.[C-]#[N+]c1cccc(Oc2ccccc2C(=O)Nc2ccc(-c3ccccc3S(N)(=O)=O)cc2)c1.[C-]#[N+]c1cccc(Oc2ccccc2COOC)c1.[CH3][Al]([CH3])[CH3]. The fourth-order valence-electron chi connectivity index (χ4n) is 10.1. The van der Waals surface area contributed by atoms with E-state index in [-0.39, 0.29) is 36.7 Å². The second kappa shape index (κ2) is 46.6. The van der Waals surface area contributed by atoms with Crippen molar-refractivity contribution in [2.75, 3.05) is 23.5 Å². The Balaban J connectivity index is 0.000000262. The van der Waals surface area contributed by atoms with Crippen molar-refractivity contribution in [3.8, 4) is 67.9 Å². The van der Waals surface area contributed by atoms with Crippen molar-refractivity contribution >= 4 is 70.3 Å². The van der Waals surface area contributed by atoms with Crippen molar-refractivity contribution in [3.05, 3.63) is 347 Å². The molecule has 0 heterocycles. The van der Waals surface area contributed by atoms with E-state index in [0.29, 0.717) is 91.7 Å². The van der Waals surface area contributed by atoms with E-state index in [1.54, 1.807) is 158 Å². The van der Waals surface area contributed by atoms with Crippen LogP contribution < -0.4 is 41.5 Å². The molecule has 0 aliphatic carbocycles. The monoisotopic (exact) mass is 1500 g/mol. The molecule has 0 unspecified atom stereocenters. The number of benzene rings is 12. The highest BCUT2D eigenvalue weighted by Gasteiger charge is 2.18. The summed E-state index contributed by atoms with van der Waals surface area (Å²) in [6, 6.07) is 85.7. The highest BCUT2D eigenvalue weighted by Crippen LogP contribution is 2.34. The summed E-state index contributed by atoms with van der Waals surface area (Å²) in [6.07, 6.45) is 0. The summed E-state index contributed by atoms with van der Waals surface area (Å²) in [5, 5.41) is 18.7. The van der Waals surface area contributed by atoms with Gasteiger partial charge >= 0.3 is 0 Å². The van der Waals surface area contributed by atoms with Crippen LogP contribution in [0.3, 0.4) is 0 Å². The number of sulfonamides is 1. The molecule has 0 fully saturated rings. The first-order valence-corrected chi connectivity index (χ1v) is 40.9. The molecule has 0 saturated heterocycles. The lowest BCUT2D eigenvalue weighted by atomic mass is 9.99. The average molecular weight is 1510 g/mol. The van der Waals surface area contributed by atoms with Crippen LogP contribution >= 0.6 is 0 Å². The van der Waals surface area contributed by atoms with E-state index in [2.05, 4.69) is 105 Å². The number of nitrogens with zero attached hydrogens (tertiary/aromatic N) is 2. The summed E-state index contributed by atoms with van der Waals surface area (Å²) in [5.74, 6) is 9.24. The first kappa shape index (κ1) is 88.2. The van der Waals surface area contributed by atoms with E-state index in [1.165, 1.54) is 35.4 Å². The van der Waals surface area contributed by atoms with Crippen molar-refractivity contribution in [3.63, 3.8) is 0 Å². The summed E-state index contributed by atoms with van der Waals surface area (Å²) < 4.78 is 41.3. The quantitative estimate of drug-likeness (QED) is 0.00896. The molecule has 2 amide bonds. The molecule has 0 aliphatic rings. The lowest BCUT2D eigenvalue weighted by Gasteiger charge is -2.13. The Bertz CT molecular complexity index is 5140. The summed E-state index contributed by atoms with van der Waals surface area (Å²) in [5.41, 5.74) is 26.1. The standard InChI is InChI=1S/C27H23N3O2.C26H19N3O4S.C15H13NO3.C14H15N.3C2H6.3CH3.Al/c1-18-7-2-3-10-23(18)19-13-15-21(16-14-19)30-27(31)24-11-4-5-12-25(24)32-22-9-6-8-20(17-22)26(28)29;1-28-20-7-6-8-21(17-20)33-24-11-4-2-10-23(24)26(30)29-19-15-13-18(14-16-19)22-9-3-5-12-25(22)34(27,31)32;1-16-13-7-5-8-14(10-13)19-15-9-4-3-6-12(15)11-18-17-2;1-10-5-3-4-6-13(10)12-7-8-14(15)11(2)9-12;3*1-2;;;;/h2-17H,1H3,(H3,28,29)(H,30,31);2-17H,(H,29,30)(H2,27,31,32);3-10H,11H2,2H3;3-9H,15H2,1-2H3;3*1-2H3;3*1H3;. The van der Waals surface area contributed by atoms with E-state index >= 15 is 0 Å². The highest BCUT2D eigenvalue weighted by atomic mass is 32.2. The van der Waals surface area contributed by atoms with Crippen LogP contribution in [0.1, 0.15) is 90.1 Å². The van der Waals surface area contributed by atoms with E-state index in [9.17, 15) is 18.0 Å². The largest absolute Gasteiger partial charge is 0.458 e. The van der Waals surface area contributed by atoms with Gasteiger partial charge in [0, 0.05) is 33.8 Å². The van der Waals surface area contributed by atoms with Gasteiger partial charge in [-0.3, -0.25) is 15.0 Å². The third-order valence-corrected chi connectivity index (χ3v) is 16.2. The number of nitrogen functional groups attached to an aromatic ring is 2. The van der Waals surface area contributed by atoms with Gasteiger partial charge in [0.1, 0.15) is 46.9 Å². The molecule has 0 saturated carbocycles. The Morgan fingerprint density at radius 1 is 0.455 bits per heavy atom. The number of primary sulfonamides is 1. The molecule has 110 heavy (non-hydrogen) atoms. The van der Waals surface area contributed by atoms with Gasteiger partial charge in [0.05, 0.1) is 36.3 Å². The Labute approximate surface area is 653 Å². The van der Waals surface area contributed by atoms with Crippen molar-refractivity contribution in [2.24, 2.45) is 10.9 Å². The van der Waals surface area contributed by atoms with E-state index < -0.39 is 10.0 Å². The maximum atomic E-state index is 13.0. The normalized spacial score (nSPS) is 9.89. The number of nitrogens with two attached hydrogens (primary N) is 3. The summed E-state index contributed by atoms with van der Waals surface area (Å²) in [7, 11) is -2.42. The number of ether oxygens (including phenoxy) is 3. The van der Waals surface area contributed by atoms with Crippen LogP contribution in [-0.2, 0) is 26.4 Å². The van der Waals surface area contributed by atoms with E-state index in [1.807, 2.05) is 121 Å². The van der Waals surface area contributed by atoms with Gasteiger partial charge in [0.15, 0.2) is 11.4 Å². The Kier molecular flexibility index (Phi) is 37.4. The summed E-state index contributed by atoms with van der Waals surface area (Å²) >= 11 is -0.139. The Morgan fingerprint density at radius 3 is 1.28 bits per heavy atom. The van der Waals surface area contributed by atoms with Crippen molar-refractivity contribution in [1.82, 2.24) is 0 Å². The maximum absolute atomic E-state index is 13.0. The number of hydrogen-bond donors (Lipinski definition) is 6. The van der Waals surface area contributed by atoms with Gasteiger partial charge in [0.25, 0.3) is 26.0 Å². The summed E-state index contributed by atoms with van der Waals surface area (Å²) in [4.78, 5) is 42.2. The predicted molar refractivity (Wildman–Crippen MR) is 453 cm³/mol. The lowest BCUT2D eigenvalue weighted by Crippen LogP contribution is -2.13. The molecule has 12 aromatic carbocycles. The minimum absolute atomic E-state index is 0.0279. The number of carbonyl (C=O) groups is 2. The first-order valence-electron chi connectivity index (χ1n) is 35.9. The van der Waals surface area contributed by atoms with Gasteiger partial charge in [-0.2, -0.15) is 0 Å². The smallest absolute Gasteiger partial charge is 0.259 e. The molecule has 0 atom stereocenters. The van der Waals surface area contributed by atoms with Crippen LogP contribution in [0.25, 0.3) is 43.1 Å². The fourth-order valence-corrected chi connectivity index (χ4v) is 10.9. The van der Waals surface area contributed by atoms with Crippen LogP contribution in [0.2, 0.25) is 17.4 Å². The third kappa shape index (κ3) is 28.1. The maximum Gasteiger partial charge on any atom is 0.259 e. The van der Waals surface area contributed by atoms with Gasteiger partial charge in [-0.15, -0.1) is 17.4 Å². The highest BCUT2D eigenvalue weighted by molar-refractivity contribution is 7.89. The molecule has 564 valence electrons. The first-order chi connectivity index (χ1) is 53.1. The zero-order valence-electron chi connectivity index (χ0n) is 64.6. The minimum Gasteiger partial charge on any atom is -0.458 e. The number of aryl methyl sites for hydroxylation is 3. The number of amidine groups is 1. The Morgan fingerprint density at radius 2 is 0.836 bits per heavy atom. The Hall–Kier alpha value is -12.4. The topological polar surface area (TPSA) is 249 Å². The molecule has 0 radical (unpaired) electrons. The number of para-hydroxylation sites is 3. The molecule has 9 N–H and O–H groups in total. The van der Waals surface area contributed by atoms with Crippen LogP contribution in [0.4, 0.5) is 28.4 Å². The van der Waals surface area contributed by atoms with Crippen molar-refractivity contribution in [1.29, 1.82) is 5.41 Å². The molecular weight excluding hydrogens is 1410 g/mol. The van der Waals surface area contributed by atoms with Gasteiger partial charge in [-0.1, -0.05) is 217 Å². The average Bonchev–Trinajstić information content (AvgIpc) is 0.810. The van der Waals surface area contributed by atoms with Gasteiger partial charge in [0.2, 0.25) is 10.0 Å². The fraction of sp³-hybridized carbons (Fsp3) is 0.154. The van der Waals surface area contributed by atoms with Gasteiger partial charge in [-0.25, -0.2) is 33.0 Å². The van der Waals surface area contributed by atoms with Crippen LogP contribution in [0.15, 0.2) is 290 Å². The molecule has 0 spiro atoms. The number of hydrogen-bond acceptors (Lipinski definition) is 11. The molecule has 12 aromatic rings. The van der Waals surface area contributed by atoms with Crippen LogP contribution in [-0.4, -0.2) is 47.3 Å². The second-order valence-corrected chi connectivity index (χ2v) is 29.0. The van der Waals surface area contributed by atoms with Crippen molar-refractivity contribution in [2.45, 2.75) is 91.2 Å². The number of rotatable bonds is 18. The molecule has 12 rings (SSSR count). The van der Waals surface area contributed by atoms with E-state index in [4.69, 9.17) is 54.3 Å². The molecule has 0 aliphatic heterocycles. The number of nitrogens with one attached hydrogen (secondary N) is 3.